The molecule has 7 heteroatoms. The Hall–Kier alpha value is -1.22. The van der Waals surface area contributed by atoms with Crippen molar-refractivity contribution in [1.29, 1.82) is 0 Å². The average molecular weight is 518 g/mol. The number of benzene rings is 1. The molecule has 1 aromatic carbocycles. The highest BCUT2D eigenvalue weighted by atomic mass is 127. The van der Waals surface area contributed by atoms with Gasteiger partial charge in [0, 0.05) is 38.3 Å². The van der Waals surface area contributed by atoms with Gasteiger partial charge in [0.05, 0.1) is 12.8 Å². The molecule has 1 aliphatic heterocycles. The largest absolute Gasteiger partial charge is 0.495 e. The number of methoxy groups -OCH3 is 1. The van der Waals surface area contributed by atoms with Gasteiger partial charge in [0.25, 0.3) is 0 Å². The number of hydrogen-bond acceptors (Lipinski definition) is 4. The quantitative estimate of drug-likeness (QED) is 0.215. The van der Waals surface area contributed by atoms with Crippen molar-refractivity contribution in [3.63, 3.8) is 0 Å². The van der Waals surface area contributed by atoms with E-state index in [0.717, 1.165) is 57.3 Å². The van der Waals surface area contributed by atoms with Crippen LogP contribution >= 0.6 is 24.0 Å². The first kappa shape index (κ1) is 25.8. The van der Waals surface area contributed by atoms with E-state index in [2.05, 4.69) is 60.4 Å². The van der Waals surface area contributed by atoms with Gasteiger partial charge >= 0.3 is 0 Å². The van der Waals surface area contributed by atoms with Crippen LogP contribution in [-0.2, 0) is 0 Å². The summed E-state index contributed by atoms with van der Waals surface area (Å²) in [6.07, 6.45) is 3.40. The Kier molecular flexibility index (Phi) is 12.4. The van der Waals surface area contributed by atoms with E-state index in [9.17, 15) is 0 Å². The molecule has 6 nitrogen and oxygen atoms in total. The van der Waals surface area contributed by atoms with E-state index < -0.39 is 0 Å². The van der Waals surface area contributed by atoms with Gasteiger partial charge < -0.3 is 25.2 Å². The Morgan fingerprint density at radius 2 is 2.07 bits per heavy atom. The highest BCUT2D eigenvalue weighted by Gasteiger charge is 2.25. The van der Waals surface area contributed by atoms with E-state index in [0.29, 0.717) is 12.1 Å². The number of para-hydroxylation sites is 2. The molecule has 0 bridgehead atoms. The fraction of sp³-hybridized carbons (Fsp3) is 0.682. The molecule has 1 aliphatic rings. The highest BCUT2D eigenvalue weighted by molar-refractivity contribution is 14.0. The van der Waals surface area contributed by atoms with Crippen LogP contribution in [0.1, 0.15) is 40.0 Å². The standard InChI is InChI=1S/C22H39N5O.HI/c1-6-23-22(24-14-9-10-15-26(4)18(2)3)25-19-13-16-27(17-19)20-11-7-8-12-21(20)28-5;/h7-8,11-12,18-19H,6,9-10,13-17H2,1-5H3,(H2,23,24,25);1H. The topological polar surface area (TPSA) is 52.1 Å². The summed E-state index contributed by atoms with van der Waals surface area (Å²) in [5.74, 6) is 1.88. The van der Waals surface area contributed by atoms with Crippen molar-refractivity contribution in [2.75, 3.05) is 51.8 Å². The van der Waals surface area contributed by atoms with Crippen molar-refractivity contribution < 1.29 is 4.74 Å². The summed E-state index contributed by atoms with van der Waals surface area (Å²) >= 11 is 0. The van der Waals surface area contributed by atoms with Gasteiger partial charge in [0.15, 0.2) is 5.96 Å². The minimum Gasteiger partial charge on any atom is -0.495 e. The number of nitrogens with one attached hydrogen (secondary N) is 2. The lowest BCUT2D eigenvalue weighted by atomic mass is 10.2. The summed E-state index contributed by atoms with van der Waals surface area (Å²) in [6, 6.07) is 9.25. The average Bonchev–Trinajstić information content (AvgIpc) is 3.15. The monoisotopic (exact) mass is 517 g/mol. The number of guanidine groups is 1. The van der Waals surface area contributed by atoms with E-state index >= 15 is 0 Å². The zero-order valence-electron chi connectivity index (χ0n) is 18.8. The van der Waals surface area contributed by atoms with Gasteiger partial charge in [-0.05, 0) is 65.8 Å². The number of halogens is 1. The molecule has 0 spiro atoms. The van der Waals surface area contributed by atoms with E-state index in [1.165, 1.54) is 12.1 Å². The maximum Gasteiger partial charge on any atom is 0.191 e. The predicted molar refractivity (Wildman–Crippen MR) is 135 cm³/mol. The predicted octanol–water partition coefficient (Wildman–Crippen LogP) is 3.57. The molecule has 1 unspecified atom stereocenters. The van der Waals surface area contributed by atoms with Crippen LogP contribution in [0.4, 0.5) is 5.69 Å². The molecule has 1 heterocycles. The van der Waals surface area contributed by atoms with Gasteiger partial charge in [-0.2, -0.15) is 0 Å². The lowest BCUT2D eigenvalue weighted by molar-refractivity contribution is 0.269. The van der Waals surface area contributed by atoms with Crippen molar-refractivity contribution in [1.82, 2.24) is 15.5 Å². The van der Waals surface area contributed by atoms with E-state index in [1.807, 2.05) is 12.1 Å². The molecule has 0 saturated carbocycles. The molecule has 29 heavy (non-hydrogen) atoms. The molecule has 1 fully saturated rings. The molecule has 166 valence electrons. The van der Waals surface area contributed by atoms with Crippen LogP contribution in [0.25, 0.3) is 0 Å². The van der Waals surface area contributed by atoms with Crippen LogP contribution in [0.5, 0.6) is 5.75 Å². The lowest BCUT2D eigenvalue weighted by Crippen LogP contribution is -2.44. The summed E-state index contributed by atoms with van der Waals surface area (Å²) in [5, 5.41) is 7.01. The lowest BCUT2D eigenvalue weighted by Gasteiger charge is -2.22. The molecule has 0 aromatic heterocycles. The van der Waals surface area contributed by atoms with Crippen LogP contribution in [0.15, 0.2) is 29.3 Å². The Morgan fingerprint density at radius 1 is 1.31 bits per heavy atom. The Balaban J connectivity index is 0.00000420. The molecule has 2 N–H and O–H groups in total. The maximum absolute atomic E-state index is 5.52. The van der Waals surface area contributed by atoms with E-state index in [1.54, 1.807) is 7.11 Å². The fourth-order valence-corrected chi connectivity index (χ4v) is 3.42. The van der Waals surface area contributed by atoms with Crippen molar-refractivity contribution >= 4 is 35.6 Å². The fourth-order valence-electron chi connectivity index (χ4n) is 3.42. The van der Waals surface area contributed by atoms with Crippen molar-refractivity contribution in [3.8, 4) is 5.75 Å². The summed E-state index contributed by atoms with van der Waals surface area (Å²) in [7, 11) is 3.92. The number of rotatable bonds is 10. The molecule has 2 rings (SSSR count). The minimum absolute atomic E-state index is 0. The first-order valence-corrected chi connectivity index (χ1v) is 10.7. The summed E-state index contributed by atoms with van der Waals surface area (Å²) < 4.78 is 5.52. The molecule has 0 radical (unpaired) electrons. The third kappa shape index (κ3) is 8.58. The van der Waals surface area contributed by atoms with Crippen LogP contribution in [0, 0.1) is 0 Å². The molecule has 0 aliphatic carbocycles. The first-order chi connectivity index (χ1) is 13.5. The maximum atomic E-state index is 5.52. The number of unbranched alkanes of at least 4 members (excludes halogenated alkanes) is 1. The smallest absolute Gasteiger partial charge is 0.191 e. The Morgan fingerprint density at radius 3 is 2.76 bits per heavy atom. The van der Waals surface area contributed by atoms with E-state index in [4.69, 9.17) is 9.73 Å². The van der Waals surface area contributed by atoms with Crippen LogP contribution in [0.3, 0.4) is 0 Å². The first-order valence-electron chi connectivity index (χ1n) is 10.7. The second-order valence-corrected chi connectivity index (χ2v) is 7.79. The van der Waals surface area contributed by atoms with Gasteiger partial charge in [-0.25, -0.2) is 0 Å². The second kappa shape index (κ2) is 13.9. The molecule has 0 amide bonds. The van der Waals surface area contributed by atoms with E-state index in [-0.39, 0.29) is 24.0 Å². The number of anilines is 1. The zero-order valence-corrected chi connectivity index (χ0v) is 21.1. The van der Waals surface area contributed by atoms with Crippen molar-refractivity contribution in [2.45, 2.75) is 52.1 Å². The van der Waals surface area contributed by atoms with Crippen molar-refractivity contribution in [2.24, 2.45) is 4.99 Å². The van der Waals surface area contributed by atoms with Crippen LogP contribution in [0.2, 0.25) is 0 Å². The number of aliphatic imine (C=N–C) groups is 1. The third-order valence-electron chi connectivity index (χ3n) is 5.37. The molecular weight excluding hydrogens is 477 g/mol. The third-order valence-corrected chi connectivity index (χ3v) is 5.37. The summed E-state index contributed by atoms with van der Waals surface area (Å²) in [6.45, 7) is 11.5. The zero-order chi connectivity index (χ0) is 20.4. The van der Waals surface area contributed by atoms with Gasteiger partial charge in [0.1, 0.15) is 5.75 Å². The minimum atomic E-state index is 0. The summed E-state index contributed by atoms with van der Waals surface area (Å²) in [5.41, 5.74) is 1.17. The normalized spacial score (nSPS) is 16.9. The van der Waals surface area contributed by atoms with Crippen LogP contribution < -0.4 is 20.3 Å². The molecular formula is C22H40IN5O. The molecule has 1 saturated heterocycles. The van der Waals surface area contributed by atoms with Gasteiger partial charge in [-0.15, -0.1) is 24.0 Å². The molecule has 1 aromatic rings. The molecule has 1 atom stereocenters. The number of ether oxygens (including phenoxy) is 1. The Bertz CT molecular complexity index is 611. The van der Waals surface area contributed by atoms with Gasteiger partial charge in [0.2, 0.25) is 0 Å². The SMILES string of the molecule is CCNC(=NCCCCN(C)C(C)C)NC1CCN(c2ccccc2OC)C1.I. The number of nitrogens with zero attached hydrogens (tertiary/aromatic N) is 3. The number of hydrogen-bond donors (Lipinski definition) is 2. The Labute approximate surface area is 194 Å². The van der Waals surface area contributed by atoms with Crippen molar-refractivity contribution in [3.05, 3.63) is 24.3 Å². The van der Waals surface area contributed by atoms with Crippen LogP contribution in [-0.4, -0.2) is 69.8 Å². The van der Waals surface area contributed by atoms with Gasteiger partial charge in [-0.3, -0.25) is 4.99 Å². The highest BCUT2D eigenvalue weighted by Crippen LogP contribution is 2.30. The summed E-state index contributed by atoms with van der Waals surface area (Å²) in [4.78, 5) is 9.56. The van der Waals surface area contributed by atoms with Gasteiger partial charge in [-0.1, -0.05) is 12.1 Å². The second-order valence-electron chi connectivity index (χ2n) is 7.79.